The SMILES string of the molecule is O=C(Oc1c(F)c(F)c(F)c(F)c1F)c1ccc(Cn2cccn2)c(C(F)(F)F)n1. The Morgan fingerprint density at radius 2 is 1.57 bits per heavy atom. The van der Waals surface area contributed by atoms with Crippen molar-refractivity contribution in [2.75, 3.05) is 0 Å². The van der Waals surface area contributed by atoms with Crippen LogP contribution in [0.4, 0.5) is 35.1 Å². The summed E-state index contributed by atoms with van der Waals surface area (Å²) in [6.45, 7) is -0.373. The van der Waals surface area contributed by atoms with Crippen LogP contribution in [0.15, 0.2) is 30.6 Å². The van der Waals surface area contributed by atoms with Gasteiger partial charge in [0.15, 0.2) is 0 Å². The van der Waals surface area contributed by atoms with Gasteiger partial charge in [-0.3, -0.25) is 4.68 Å². The Kier molecular flexibility index (Phi) is 5.46. The van der Waals surface area contributed by atoms with Gasteiger partial charge < -0.3 is 4.74 Å². The van der Waals surface area contributed by atoms with Crippen LogP contribution in [0.1, 0.15) is 21.7 Å². The molecule has 0 unspecified atom stereocenters. The number of rotatable bonds is 4. The molecule has 0 radical (unpaired) electrons. The summed E-state index contributed by atoms with van der Waals surface area (Å²) in [7, 11) is 0. The van der Waals surface area contributed by atoms with Crippen molar-refractivity contribution in [3.05, 3.63) is 76.6 Å². The Hall–Kier alpha value is -3.51. The predicted octanol–water partition coefficient (Wildman–Crippen LogP) is 4.26. The van der Waals surface area contributed by atoms with Gasteiger partial charge in [0.25, 0.3) is 0 Å². The van der Waals surface area contributed by atoms with Crippen molar-refractivity contribution in [1.29, 1.82) is 0 Å². The Balaban J connectivity index is 1.98. The van der Waals surface area contributed by atoms with E-state index >= 15 is 0 Å². The molecule has 0 saturated carbocycles. The van der Waals surface area contributed by atoms with Gasteiger partial charge in [0, 0.05) is 18.0 Å². The first-order chi connectivity index (χ1) is 14.0. The van der Waals surface area contributed by atoms with Crippen LogP contribution in [0.2, 0.25) is 0 Å². The van der Waals surface area contributed by atoms with Gasteiger partial charge in [-0.2, -0.15) is 27.1 Å². The van der Waals surface area contributed by atoms with E-state index in [9.17, 15) is 39.9 Å². The number of hydrogen-bond donors (Lipinski definition) is 0. The minimum atomic E-state index is -5.04. The van der Waals surface area contributed by atoms with E-state index in [2.05, 4.69) is 14.8 Å². The monoisotopic (exact) mass is 437 g/mol. The third-order valence-corrected chi connectivity index (χ3v) is 3.71. The quantitative estimate of drug-likeness (QED) is 0.201. The molecule has 0 atom stereocenters. The van der Waals surface area contributed by atoms with Crippen molar-refractivity contribution in [3.63, 3.8) is 0 Å². The second-order valence-electron chi connectivity index (χ2n) is 5.69. The van der Waals surface area contributed by atoms with Gasteiger partial charge in [-0.15, -0.1) is 0 Å². The average molecular weight is 437 g/mol. The van der Waals surface area contributed by atoms with Gasteiger partial charge in [0.2, 0.25) is 34.8 Å². The molecule has 30 heavy (non-hydrogen) atoms. The molecule has 0 aliphatic carbocycles. The van der Waals surface area contributed by atoms with Gasteiger partial charge in [0.1, 0.15) is 11.4 Å². The van der Waals surface area contributed by atoms with E-state index in [4.69, 9.17) is 0 Å². The van der Waals surface area contributed by atoms with Gasteiger partial charge in [-0.05, 0) is 12.1 Å². The van der Waals surface area contributed by atoms with Crippen molar-refractivity contribution in [2.24, 2.45) is 0 Å². The number of carbonyl (C=O) groups is 1. The van der Waals surface area contributed by atoms with Gasteiger partial charge in [-0.25, -0.2) is 22.9 Å². The first-order valence-corrected chi connectivity index (χ1v) is 7.78. The first-order valence-electron chi connectivity index (χ1n) is 7.78. The molecule has 3 aromatic rings. The van der Waals surface area contributed by atoms with Gasteiger partial charge >= 0.3 is 12.1 Å². The first kappa shape index (κ1) is 21.2. The highest BCUT2D eigenvalue weighted by Gasteiger charge is 2.37. The van der Waals surface area contributed by atoms with Crippen LogP contribution in [-0.2, 0) is 12.7 Å². The van der Waals surface area contributed by atoms with E-state index < -0.39 is 63.9 Å². The molecule has 1 aromatic carbocycles. The van der Waals surface area contributed by atoms with Crippen molar-refractivity contribution in [3.8, 4) is 5.75 Å². The average Bonchev–Trinajstić information content (AvgIpc) is 3.20. The second-order valence-corrected chi connectivity index (χ2v) is 5.69. The van der Waals surface area contributed by atoms with Crippen LogP contribution in [-0.4, -0.2) is 20.7 Å². The molecule has 0 spiro atoms. The van der Waals surface area contributed by atoms with Crippen molar-refractivity contribution >= 4 is 5.97 Å². The van der Waals surface area contributed by atoms with E-state index in [1.54, 1.807) is 0 Å². The van der Waals surface area contributed by atoms with Crippen LogP contribution in [0.5, 0.6) is 5.75 Å². The number of alkyl halides is 3. The predicted molar refractivity (Wildman–Crippen MR) is 81.8 cm³/mol. The summed E-state index contributed by atoms with van der Waals surface area (Å²) < 4.78 is 112. The number of nitrogens with zero attached hydrogens (tertiary/aromatic N) is 3. The van der Waals surface area contributed by atoms with Crippen LogP contribution >= 0.6 is 0 Å². The Bertz CT molecular complexity index is 1080. The maximum atomic E-state index is 13.6. The molecule has 13 heteroatoms. The van der Waals surface area contributed by atoms with E-state index in [1.165, 1.54) is 18.5 Å². The summed E-state index contributed by atoms with van der Waals surface area (Å²) in [5.74, 6) is -16.0. The Labute approximate surface area is 161 Å². The van der Waals surface area contributed by atoms with E-state index in [0.29, 0.717) is 0 Å². The largest absolute Gasteiger partial charge is 0.433 e. The van der Waals surface area contributed by atoms with Crippen LogP contribution in [0.25, 0.3) is 0 Å². The molecule has 158 valence electrons. The minimum Gasteiger partial charge on any atom is -0.415 e. The molecule has 0 saturated heterocycles. The normalized spacial score (nSPS) is 11.6. The van der Waals surface area contributed by atoms with E-state index in [-0.39, 0.29) is 6.54 Å². The lowest BCUT2D eigenvalue weighted by Crippen LogP contribution is -2.20. The zero-order valence-corrected chi connectivity index (χ0v) is 14.3. The second kappa shape index (κ2) is 7.72. The molecule has 0 bridgehead atoms. The molecule has 0 amide bonds. The zero-order chi connectivity index (χ0) is 22.2. The van der Waals surface area contributed by atoms with E-state index in [1.807, 2.05) is 0 Å². The number of hydrogen-bond acceptors (Lipinski definition) is 4. The maximum absolute atomic E-state index is 13.6. The van der Waals surface area contributed by atoms with Crippen molar-refractivity contribution in [1.82, 2.24) is 14.8 Å². The molecule has 0 aliphatic heterocycles. The number of halogens is 8. The number of carbonyl (C=O) groups excluding carboxylic acids is 1. The molecule has 5 nitrogen and oxygen atoms in total. The standard InChI is InChI=1S/C17H7F8N3O2/c18-9-10(19)12(21)14(13(22)11(9)20)30-16(29)8-3-2-7(6-28-5-1-4-26-28)15(27-8)17(23,24)25/h1-5H,6H2. The summed E-state index contributed by atoms with van der Waals surface area (Å²) in [5, 5.41) is 3.74. The van der Waals surface area contributed by atoms with Crippen LogP contribution in [0.3, 0.4) is 0 Å². The van der Waals surface area contributed by atoms with Gasteiger partial charge in [0.05, 0.1) is 6.54 Å². The van der Waals surface area contributed by atoms with Crippen molar-refractivity contribution in [2.45, 2.75) is 12.7 Å². The molecule has 0 fully saturated rings. The lowest BCUT2D eigenvalue weighted by molar-refractivity contribution is -0.141. The number of pyridine rings is 1. The summed E-state index contributed by atoms with van der Waals surface area (Å²) in [4.78, 5) is 15.1. The minimum absolute atomic E-state index is 0.373. The Morgan fingerprint density at radius 1 is 0.967 bits per heavy atom. The third-order valence-electron chi connectivity index (χ3n) is 3.71. The summed E-state index contributed by atoms with van der Waals surface area (Å²) in [6.07, 6.45) is -2.36. The third kappa shape index (κ3) is 3.95. The van der Waals surface area contributed by atoms with Crippen LogP contribution in [0, 0.1) is 29.1 Å². The highest BCUT2D eigenvalue weighted by molar-refractivity contribution is 5.89. The highest BCUT2D eigenvalue weighted by atomic mass is 19.4. The number of benzene rings is 1. The maximum Gasteiger partial charge on any atom is 0.433 e. The fourth-order valence-electron chi connectivity index (χ4n) is 2.36. The number of ether oxygens (including phenoxy) is 1. The number of aromatic nitrogens is 3. The fraction of sp³-hybridized carbons (Fsp3) is 0.118. The lowest BCUT2D eigenvalue weighted by atomic mass is 10.1. The Morgan fingerprint density at radius 3 is 2.10 bits per heavy atom. The molecular weight excluding hydrogens is 430 g/mol. The smallest absolute Gasteiger partial charge is 0.415 e. The molecule has 2 aromatic heterocycles. The number of esters is 1. The molecule has 2 heterocycles. The molecule has 3 rings (SSSR count). The van der Waals surface area contributed by atoms with Crippen LogP contribution < -0.4 is 4.74 Å². The summed E-state index contributed by atoms with van der Waals surface area (Å²) in [6, 6.07) is 3.03. The van der Waals surface area contributed by atoms with Crippen molar-refractivity contribution < 1.29 is 44.7 Å². The molecule has 0 N–H and O–H groups in total. The fourth-order valence-corrected chi connectivity index (χ4v) is 2.36. The molecular formula is C17H7F8N3O2. The summed E-state index contributed by atoms with van der Waals surface area (Å²) in [5.41, 5.74) is -3.00. The molecule has 0 aliphatic rings. The highest BCUT2D eigenvalue weighted by Crippen LogP contribution is 2.32. The summed E-state index contributed by atoms with van der Waals surface area (Å²) >= 11 is 0. The van der Waals surface area contributed by atoms with Gasteiger partial charge in [-0.1, -0.05) is 6.07 Å². The zero-order valence-electron chi connectivity index (χ0n) is 14.3. The topological polar surface area (TPSA) is 57.0 Å². The van der Waals surface area contributed by atoms with E-state index in [0.717, 1.165) is 16.8 Å². The lowest BCUT2D eigenvalue weighted by Gasteiger charge is -2.14.